The highest BCUT2D eigenvalue weighted by molar-refractivity contribution is 5.94. The predicted molar refractivity (Wildman–Crippen MR) is 67.7 cm³/mol. The highest BCUT2D eigenvalue weighted by atomic mass is 16.2. The first kappa shape index (κ1) is 11.9. The van der Waals surface area contributed by atoms with Crippen LogP contribution in [0.25, 0.3) is 0 Å². The van der Waals surface area contributed by atoms with Crippen molar-refractivity contribution >= 4 is 17.4 Å². The Hall–Kier alpha value is -1.62. The monoisotopic (exact) mass is 234 g/mol. The van der Waals surface area contributed by atoms with Gasteiger partial charge >= 0.3 is 0 Å². The summed E-state index contributed by atoms with van der Waals surface area (Å²) in [5.41, 5.74) is 6.37. The number of nitrogen functional groups attached to an aromatic ring is 1. The first-order valence-electron chi connectivity index (χ1n) is 5.76. The first-order valence-corrected chi connectivity index (χ1v) is 5.76. The van der Waals surface area contributed by atoms with Gasteiger partial charge in [0.1, 0.15) is 5.82 Å². The zero-order valence-corrected chi connectivity index (χ0v) is 10.3. The van der Waals surface area contributed by atoms with Crippen LogP contribution in [0.5, 0.6) is 0 Å². The molecule has 1 atom stereocenters. The molecule has 1 fully saturated rings. The van der Waals surface area contributed by atoms with Crippen LogP contribution in [-0.2, 0) is 4.79 Å². The summed E-state index contributed by atoms with van der Waals surface area (Å²) in [6.45, 7) is 0.743. The molecule has 0 aromatic carbocycles. The number of carbonyl (C=O) groups is 1. The second-order valence-electron chi connectivity index (χ2n) is 4.60. The molecule has 5 nitrogen and oxygen atoms in total. The van der Waals surface area contributed by atoms with Gasteiger partial charge in [-0.15, -0.1) is 0 Å². The van der Waals surface area contributed by atoms with Crippen molar-refractivity contribution in [2.24, 2.45) is 0 Å². The number of hydrogen-bond donors (Lipinski definition) is 1. The van der Waals surface area contributed by atoms with Gasteiger partial charge in [0.25, 0.3) is 0 Å². The first-order chi connectivity index (χ1) is 8.08. The second-order valence-corrected chi connectivity index (χ2v) is 4.60. The van der Waals surface area contributed by atoms with Crippen molar-refractivity contribution < 1.29 is 4.79 Å². The topological polar surface area (TPSA) is 62.5 Å². The summed E-state index contributed by atoms with van der Waals surface area (Å²) >= 11 is 0. The SMILES string of the molecule is CN(C)C1CCN(c2ccc(N)nc2)C(=O)C1. The lowest BCUT2D eigenvalue weighted by Crippen LogP contribution is -2.45. The highest BCUT2D eigenvalue weighted by Crippen LogP contribution is 2.22. The molecule has 2 N–H and O–H groups in total. The molecule has 0 aliphatic carbocycles. The molecule has 0 radical (unpaired) electrons. The number of nitrogens with two attached hydrogens (primary N) is 1. The molecule has 1 amide bonds. The van der Waals surface area contributed by atoms with Gasteiger partial charge < -0.3 is 15.5 Å². The lowest BCUT2D eigenvalue weighted by Gasteiger charge is -2.34. The Morgan fingerprint density at radius 1 is 1.47 bits per heavy atom. The molecule has 1 aromatic rings. The van der Waals surface area contributed by atoms with Crippen molar-refractivity contribution in [1.29, 1.82) is 0 Å². The Labute approximate surface area is 101 Å². The summed E-state index contributed by atoms with van der Waals surface area (Å²) in [4.78, 5) is 19.9. The van der Waals surface area contributed by atoms with Crippen LogP contribution in [0, 0.1) is 0 Å². The molecule has 0 spiro atoms. The molecule has 1 aliphatic rings. The Bertz CT molecular complexity index is 401. The molecule has 1 aliphatic heterocycles. The maximum Gasteiger partial charge on any atom is 0.228 e. The van der Waals surface area contributed by atoms with Crippen LogP contribution < -0.4 is 10.6 Å². The summed E-state index contributed by atoms with van der Waals surface area (Å²) in [6.07, 6.45) is 3.21. The van der Waals surface area contributed by atoms with Gasteiger partial charge in [0.15, 0.2) is 0 Å². The number of nitrogens with zero attached hydrogens (tertiary/aromatic N) is 3. The largest absolute Gasteiger partial charge is 0.384 e. The number of rotatable bonds is 2. The molecule has 5 heteroatoms. The quantitative estimate of drug-likeness (QED) is 0.819. The molecule has 2 rings (SSSR count). The molecule has 17 heavy (non-hydrogen) atoms. The Balaban J connectivity index is 2.09. The Morgan fingerprint density at radius 3 is 2.76 bits per heavy atom. The predicted octanol–water partition coefficient (Wildman–Crippen LogP) is 0.721. The molecule has 2 heterocycles. The van der Waals surface area contributed by atoms with Crippen molar-refractivity contribution in [2.45, 2.75) is 18.9 Å². The van der Waals surface area contributed by atoms with Crippen molar-refractivity contribution in [3.8, 4) is 0 Å². The Kier molecular flexibility index (Phi) is 3.28. The van der Waals surface area contributed by atoms with Crippen LogP contribution >= 0.6 is 0 Å². The van der Waals surface area contributed by atoms with Crippen molar-refractivity contribution in [1.82, 2.24) is 9.88 Å². The van der Waals surface area contributed by atoms with E-state index in [2.05, 4.69) is 9.88 Å². The third-order valence-electron chi connectivity index (χ3n) is 3.21. The average Bonchev–Trinajstić information content (AvgIpc) is 2.30. The third-order valence-corrected chi connectivity index (χ3v) is 3.21. The minimum absolute atomic E-state index is 0.154. The summed E-state index contributed by atoms with van der Waals surface area (Å²) in [7, 11) is 4.02. The summed E-state index contributed by atoms with van der Waals surface area (Å²) in [5.74, 6) is 0.630. The van der Waals surface area contributed by atoms with Crippen LogP contribution in [0.15, 0.2) is 18.3 Å². The van der Waals surface area contributed by atoms with E-state index in [1.165, 1.54) is 0 Å². The molecule has 92 valence electrons. The molecule has 0 bridgehead atoms. The van der Waals surface area contributed by atoms with Gasteiger partial charge in [0.05, 0.1) is 11.9 Å². The van der Waals surface area contributed by atoms with Gasteiger partial charge in [0.2, 0.25) is 5.91 Å². The molecule has 1 unspecified atom stereocenters. The zero-order chi connectivity index (χ0) is 12.4. The van der Waals surface area contributed by atoms with E-state index in [1.807, 2.05) is 20.2 Å². The molecular weight excluding hydrogens is 216 g/mol. The Morgan fingerprint density at radius 2 is 2.24 bits per heavy atom. The van der Waals surface area contributed by atoms with Gasteiger partial charge in [0, 0.05) is 19.0 Å². The minimum Gasteiger partial charge on any atom is -0.384 e. The number of aromatic nitrogens is 1. The molecule has 1 saturated heterocycles. The number of piperidine rings is 1. The number of anilines is 2. The fraction of sp³-hybridized carbons (Fsp3) is 0.500. The van der Waals surface area contributed by atoms with E-state index in [0.717, 1.165) is 18.7 Å². The summed E-state index contributed by atoms with van der Waals surface area (Å²) in [5, 5.41) is 0. The van der Waals surface area contributed by atoms with Crippen molar-refractivity contribution in [2.75, 3.05) is 31.3 Å². The van der Waals surface area contributed by atoms with Crippen LogP contribution in [0.3, 0.4) is 0 Å². The van der Waals surface area contributed by atoms with Gasteiger partial charge in [-0.3, -0.25) is 4.79 Å². The van der Waals surface area contributed by atoms with Crippen LogP contribution in [0.2, 0.25) is 0 Å². The van der Waals surface area contributed by atoms with E-state index in [-0.39, 0.29) is 5.91 Å². The van der Waals surface area contributed by atoms with Crippen LogP contribution in [0.1, 0.15) is 12.8 Å². The average molecular weight is 234 g/mol. The highest BCUT2D eigenvalue weighted by Gasteiger charge is 2.27. The third kappa shape index (κ3) is 2.55. The van der Waals surface area contributed by atoms with E-state index < -0.39 is 0 Å². The molecule has 1 aromatic heterocycles. The summed E-state index contributed by atoms with van der Waals surface area (Å²) in [6, 6.07) is 3.91. The number of pyridine rings is 1. The second kappa shape index (κ2) is 4.71. The number of hydrogen-bond acceptors (Lipinski definition) is 4. The number of amides is 1. The lowest BCUT2D eigenvalue weighted by molar-refractivity contribution is -0.120. The fourth-order valence-electron chi connectivity index (χ4n) is 2.09. The van der Waals surface area contributed by atoms with Gasteiger partial charge in [-0.05, 0) is 32.6 Å². The smallest absolute Gasteiger partial charge is 0.228 e. The van der Waals surface area contributed by atoms with E-state index in [0.29, 0.717) is 18.3 Å². The van der Waals surface area contributed by atoms with E-state index >= 15 is 0 Å². The van der Waals surface area contributed by atoms with Crippen molar-refractivity contribution in [3.63, 3.8) is 0 Å². The van der Waals surface area contributed by atoms with E-state index in [9.17, 15) is 4.79 Å². The van der Waals surface area contributed by atoms with Crippen LogP contribution in [-0.4, -0.2) is 42.5 Å². The zero-order valence-electron chi connectivity index (χ0n) is 10.3. The van der Waals surface area contributed by atoms with Crippen LogP contribution in [0.4, 0.5) is 11.5 Å². The normalized spacial score (nSPS) is 21.0. The van der Waals surface area contributed by atoms with Crippen molar-refractivity contribution in [3.05, 3.63) is 18.3 Å². The van der Waals surface area contributed by atoms with E-state index in [4.69, 9.17) is 5.73 Å². The molecule has 0 saturated carbocycles. The lowest BCUT2D eigenvalue weighted by atomic mass is 10.0. The fourth-order valence-corrected chi connectivity index (χ4v) is 2.09. The van der Waals surface area contributed by atoms with Gasteiger partial charge in [-0.25, -0.2) is 4.98 Å². The molecular formula is C12H18N4O. The maximum absolute atomic E-state index is 12.0. The summed E-state index contributed by atoms with van der Waals surface area (Å²) < 4.78 is 0. The van der Waals surface area contributed by atoms with Gasteiger partial charge in [-0.2, -0.15) is 0 Å². The number of carbonyl (C=O) groups excluding carboxylic acids is 1. The van der Waals surface area contributed by atoms with Gasteiger partial charge in [-0.1, -0.05) is 0 Å². The maximum atomic E-state index is 12.0. The standard InChI is InChI=1S/C12H18N4O/c1-15(2)9-5-6-16(12(17)7-9)10-3-4-11(13)14-8-10/h3-4,8-9H,5-7H2,1-2H3,(H2,13,14). The minimum atomic E-state index is 0.154. The van der Waals surface area contributed by atoms with E-state index in [1.54, 1.807) is 17.2 Å².